The van der Waals surface area contributed by atoms with Crippen molar-refractivity contribution in [1.29, 1.82) is 0 Å². The van der Waals surface area contributed by atoms with Crippen LogP contribution < -0.4 is 16.2 Å². The van der Waals surface area contributed by atoms with Crippen LogP contribution in [-0.4, -0.2) is 17.2 Å². The van der Waals surface area contributed by atoms with Crippen LogP contribution in [0.25, 0.3) is 10.1 Å². The third-order valence-electron chi connectivity index (χ3n) is 2.00. The van der Waals surface area contributed by atoms with E-state index in [1.165, 1.54) is 11.3 Å². The molecule has 72 valence electrons. The fourth-order valence-corrected chi connectivity index (χ4v) is 2.23. The van der Waals surface area contributed by atoms with Gasteiger partial charge in [0, 0.05) is 9.48 Å². The topological polar surface area (TPSA) is 92.5 Å². The summed E-state index contributed by atoms with van der Waals surface area (Å²) in [6.07, 6.45) is 0. The Hall–Kier alpha value is -1.24. The smallest absolute Gasteiger partial charge is 0.423 e. The van der Waals surface area contributed by atoms with E-state index in [4.69, 9.17) is 21.5 Å². The first-order chi connectivity index (χ1) is 6.58. The highest BCUT2D eigenvalue weighted by Gasteiger charge is 2.14. The highest BCUT2D eigenvalue weighted by Crippen LogP contribution is 2.26. The van der Waals surface area contributed by atoms with E-state index in [1.54, 1.807) is 18.2 Å². The molecule has 2 rings (SSSR count). The van der Waals surface area contributed by atoms with Gasteiger partial charge in [-0.15, -0.1) is 11.3 Å². The van der Waals surface area contributed by atoms with Crippen LogP contribution in [0.4, 0.5) is 11.4 Å². The van der Waals surface area contributed by atoms with Crippen molar-refractivity contribution in [3.8, 4) is 0 Å². The normalized spacial score (nSPS) is 10.7. The van der Waals surface area contributed by atoms with Gasteiger partial charge in [0.05, 0.1) is 11.4 Å². The summed E-state index contributed by atoms with van der Waals surface area (Å²) in [4.78, 5) is 0. The number of hydrogen-bond donors (Lipinski definition) is 4. The van der Waals surface area contributed by atoms with E-state index in [2.05, 4.69) is 0 Å². The number of rotatable bonds is 1. The molecule has 0 saturated carbocycles. The Morgan fingerprint density at radius 3 is 2.36 bits per heavy atom. The van der Waals surface area contributed by atoms with E-state index in [1.807, 2.05) is 0 Å². The average Bonchev–Trinajstić information content (AvgIpc) is 2.48. The summed E-state index contributed by atoms with van der Waals surface area (Å²) in [5.74, 6) is 0. The summed E-state index contributed by atoms with van der Waals surface area (Å²) >= 11 is 1.29. The van der Waals surface area contributed by atoms with Crippen LogP contribution in [-0.2, 0) is 0 Å². The molecule has 1 heterocycles. The Bertz CT molecular complexity index is 444. The molecule has 0 atom stereocenters. The molecule has 1 aromatic heterocycles. The number of nitrogen functional groups attached to an aromatic ring is 2. The third kappa shape index (κ3) is 1.43. The molecule has 1 aromatic carbocycles. The SMILES string of the molecule is Nc1cc2cc(B(O)O)sc2cc1N. The maximum Gasteiger partial charge on any atom is 0.499 e. The van der Waals surface area contributed by atoms with Gasteiger partial charge in [-0.05, 0) is 23.6 Å². The lowest BCUT2D eigenvalue weighted by Gasteiger charge is -1.98. The van der Waals surface area contributed by atoms with Crippen LogP contribution in [0.5, 0.6) is 0 Å². The summed E-state index contributed by atoms with van der Waals surface area (Å²) in [6, 6.07) is 5.16. The Balaban J connectivity index is 2.66. The molecule has 4 nitrogen and oxygen atoms in total. The molecule has 2 aromatic rings. The lowest BCUT2D eigenvalue weighted by molar-refractivity contribution is 0.427. The highest BCUT2D eigenvalue weighted by molar-refractivity contribution is 7.27. The molecule has 14 heavy (non-hydrogen) atoms. The Kier molecular flexibility index (Phi) is 2.11. The molecule has 0 radical (unpaired) electrons. The average molecular weight is 208 g/mol. The lowest BCUT2D eigenvalue weighted by atomic mass is 9.89. The van der Waals surface area contributed by atoms with Gasteiger partial charge in [-0.3, -0.25) is 0 Å². The van der Waals surface area contributed by atoms with Crippen molar-refractivity contribution >= 4 is 44.7 Å². The molecule has 0 bridgehead atoms. The second-order valence-corrected chi connectivity index (χ2v) is 4.16. The van der Waals surface area contributed by atoms with Gasteiger partial charge in [0.1, 0.15) is 0 Å². The van der Waals surface area contributed by atoms with Crippen molar-refractivity contribution in [1.82, 2.24) is 0 Å². The van der Waals surface area contributed by atoms with E-state index in [9.17, 15) is 0 Å². The van der Waals surface area contributed by atoms with E-state index in [0.29, 0.717) is 16.2 Å². The van der Waals surface area contributed by atoms with Gasteiger partial charge in [0.25, 0.3) is 0 Å². The van der Waals surface area contributed by atoms with Gasteiger partial charge in [-0.2, -0.15) is 0 Å². The van der Waals surface area contributed by atoms with Crippen molar-refractivity contribution in [3.05, 3.63) is 18.2 Å². The van der Waals surface area contributed by atoms with Crippen LogP contribution in [0.3, 0.4) is 0 Å². The van der Waals surface area contributed by atoms with Crippen molar-refractivity contribution in [3.63, 3.8) is 0 Å². The fourth-order valence-electron chi connectivity index (χ4n) is 1.27. The first-order valence-electron chi connectivity index (χ1n) is 4.02. The monoisotopic (exact) mass is 208 g/mol. The Labute approximate surface area is 84.9 Å². The van der Waals surface area contributed by atoms with Crippen molar-refractivity contribution in [2.45, 2.75) is 0 Å². The zero-order valence-corrected chi connectivity index (χ0v) is 8.08. The quantitative estimate of drug-likeness (QED) is 0.384. The predicted molar refractivity (Wildman–Crippen MR) is 60.5 cm³/mol. The molecule has 0 unspecified atom stereocenters. The van der Waals surface area contributed by atoms with Gasteiger partial charge in [0.15, 0.2) is 0 Å². The van der Waals surface area contributed by atoms with Crippen LogP contribution in [0.15, 0.2) is 18.2 Å². The summed E-state index contributed by atoms with van der Waals surface area (Å²) in [5.41, 5.74) is 12.3. The summed E-state index contributed by atoms with van der Waals surface area (Å²) in [7, 11) is -1.44. The zero-order chi connectivity index (χ0) is 10.3. The first kappa shape index (κ1) is 9.33. The molecule has 0 aliphatic carbocycles. The van der Waals surface area contributed by atoms with E-state index in [-0.39, 0.29) is 0 Å². The number of fused-ring (bicyclic) bond motifs is 1. The van der Waals surface area contributed by atoms with Crippen molar-refractivity contribution < 1.29 is 10.0 Å². The lowest BCUT2D eigenvalue weighted by Crippen LogP contribution is -2.26. The number of benzene rings is 1. The number of thiophene rings is 1. The van der Waals surface area contributed by atoms with E-state index >= 15 is 0 Å². The third-order valence-corrected chi connectivity index (χ3v) is 3.13. The van der Waals surface area contributed by atoms with Crippen LogP contribution in [0.1, 0.15) is 0 Å². The fraction of sp³-hybridized carbons (Fsp3) is 0. The van der Waals surface area contributed by atoms with Gasteiger partial charge in [-0.25, -0.2) is 0 Å². The first-order valence-corrected chi connectivity index (χ1v) is 4.84. The molecule has 6 N–H and O–H groups in total. The highest BCUT2D eigenvalue weighted by atomic mass is 32.1. The summed E-state index contributed by atoms with van der Waals surface area (Å²) in [6.45, 7) is 0. The van der Waals surface area contributed by atoms with Crippen molar-refractivity contribution in [2.75, 3.05) is 11.5 Å². The Morgan fingerprint density at radius 1 is 1.07 bits per heavy atom. The largest absolute Gasteiger partial charge is 0.499 e. The molecular formula is C8H9BN2O2S. The minimum absolute atomic E-state index is 0.491. The van der Waals surface area contributed by atoms with Gasteiger partial charge in [-0.1, -0.05) is 0 Å². The number of anilines is 2. The molecule has 0 saturated heterocycles. The van der Waals surface area contributed by atoms with Gasteiger partial charge >= 0.3 is 7.12 Å². The molecule has 0 spiro atoms. The zero-order valence-electron chi connectivity index (χ0n) is 7.27. The second kappa shape index (κ2) is 3.16. The van der Waals surface area contributed by atoms with E-state index in [0.717, 1.165) is 10.1 Å². The van der Waals surface area contributed by atoms with Crippen molar-refractivity contribution in [2.24, 2.45) is 0 Å². The Morgan fingerprint density at radius 2 is 1.71 bits per heavy atom. The molecule has 0 amide bonds. The minimum atomic E-state index is -1.44. The maximum absolute atomic E-state index is 8.97. The molecular weight excluding hydrogens is 199 g/mol. The van der Waals surface area contributed by atoms with Gasteiger partial charge in [0.2, 0.25) is 0 Å². The number of nitrogens with two attached hydrogens (primary N) is 2. The second-order valence-electron chi connectivity index (χ2n) is 3.04. The number of hydrogen-bond acceptors (Lipinski definition) is 5. The molecule has 0 fully saturated rings. The standard InChI is InChI=1S/C8H9BN2O2S/c10-5-1-4-2-8(9(12)13)14-7(4)3-6(5)11/h1-3,12-13H,10-11H2. The molecule has 0 aliphatic rings. The molecule has 6 heteroatoms. The summed E-state index contributed by atoms with van der Waals surface area (Å²) < 4.78 is 1.39. The minimum Gasteiger partial charge on any atom is -0.423 e. The molecule has 0 aliphatic heterocycles. The maximum atomic E-state index is 8.97. The predicted octanol–water partition coefficient (Wildman–Crippen LogP) is -0.255. The van der Waals surface area contributed by atoms with Gasteiger partial charge < -0.3 is 21.5 Å². The van der Waals surface area contributed by atoms with Crippen LogP contribution in [0, 0.1) is 0 Å². The van der Waals surface area contributed by atoms with E-state index < -0.39 is 7.12 Å². The van der Waals surface area contributed by atoms with Crippen LogP contribution >= 0.6 is 11.3 Å². The summed E-state index contributed by atoms with van der Waals surface area (Å²) in [5, 5.41) is 18.8. The van der Waals surface area contributed by atoms with Crippen LogP contribution in [0.2, 0.25) is 0 Å².